The molecule has 0 bridgehead atoms. The fraction of sp³-hybridized carbons (Fsp3) is 0.667. The van der Waals surface area contributed by atoms with Crippen LogP contribution in [0.15, 0.2) is 0 Å². The standard InChI is InChI=1S/C6H10O4S2/c1-3(5(7)8)11-12-4(2)6(9)10/h3-4H,1-2H3,(H,7,8)(H,9,10)/t3-,4-/m1/s1. The van der Waals surface area contributed by atoms with Crippen molar-refractivity contribution in [2.75, 3.05) is 0 Å². The van der Waals surface area contributed by atoms with Crippen LogP contribution < -0.4 is 0 Å². The highest BCUT2D eigenvalue weighted by Gasteiger charge is 2.17. The second kappa shape index (κ2) is 5.31. The van der Waals surface area contributed by atoms with Gasteiger partial charge in [0, 0.05) is 0 Å². The Morgan fingerprint density at radius 3 is 1.42 bits per heavy atom. The van der Waals surface area contributed by atoms with Gasteiger partial charge in [-0.3, -0.25) is 9.59 Å². The van der Waals surface area contributed by atoms with E-state index in [0.29, 0.717) is 0 Å². The van der Waals surface area contributed by atoms with Gasteiger partial charge in [-0.05, 0) is 13.8 Å². The van der Waals surface area contributed by atoms with E-state index in [4.69, 9.17) is 10.2 Å². The third kappa shape index (κ3) is 4.50. The summed E-state index contributed by atoms with van der Waals surface area (Å²) < 4.78 is 0. The zero-order valence-corrected chi connectivity index (χ0v) is 8.32. The molecule has 0 aromatic rings. The maximum atomic E-state index is 10.3. The van der Waals surface area contributed by atoms with E-state index in [1.165, 1.54) is 13.8 Å². The molecule has 0 saturated carbocycles. The van der Waals surface area contributed by atoms with Gasteiger partial charge in [0.1, 0.15) is 10.5 Å². The van der Waals surface area contributed by atoms with Crippen molar-refractivity contribution in [3.8, 4) is 0 Å². The van der Waals surface area contributed by atoms with Crippen LogP contribution >= 0.6 is 21.6 Å². The number of carboxylic acids is 2. The monoisotopic (exact) mass is 210 g/mol. The minimum atomic E-state index is -0.926. The van der Waals surface area contributed by atoms with Gasteiger partial charge in [0.2, 0.25) is 0 Å². The first-order chi connectivity index (χ1) is 5.45. The molecule has 0 aromatic carbocycles. The Hall–Kier alpha value is -0.360. The van der Waals surface area contributed by atoms with Gasteiger partial charge >= 0.3 is 11.9 Å². The largest absolute Gasteiger partial charge is 0.480 e. The summed E-state index contributed by atoms with van der Waals surface area (Å²) in [4.78, 5) is 20.6. The smallest absolute Gasteiger partial charge is 0.317 e. The molecule has 12 heavy (non-hydrogen) atoms. The predicted octanol–water partition coefficient (Wildman–Crippen LogP) is 1.31. The molecule has 0 aromatic heterocycles. The maximum absolute atomic E-state index is 10.3. The van der Waals surface area contributed by atoms with Crippen LogP contribution in [0.5, 0.6) is 0 Å². The first kappa shape index (κ1) is 11.6. The minimum absolute atomic E-state index is 0.572. The SMILES string of the molecule is C[C@@H](SS[C@H](C)C(=O)O)C(=O)O. The summed E-state index contributed by atoms with van der Waals surface area (Å²) in [6.07, 6.45) is 0. The number of carboxylic acid groups (broad SMARTS) is 2. The quantitative estimate of drug-likeness (QED) is 0.666. The third-order valence-corrected chi connectivity index (χ3v) is 4.20. The van der Waals surface area contributed by atoms with Crippen molar-refractivity contribution in [1.29, 1.82) is 0 Å². The van der Waals surface area contributed by atoms with Crippen molar-refractivity contribution >= 4 is 33.5 Å². The van der Waals surface area contributed by atoms with Crippen molar-refractivity contribution in [2.45, 2.75) is 24.3 Å². The first-order valence-electron chi connectivity index (χ1n) is 3.23. The molecule has 0 radical (unpaired) electrons. The van der Waals surface area contributed by atoms with Crippen LogP contribution in [0.1, 0.15) is 13.8 Å². The van der Waals surface area contributed by atoms with Crippen LogP contribution in [0.3, 0.4) is 0 Å². The molecular formula is C6H10O4S2. The molecule has 0 aliphatic heterocycles. The van der Waals surface area contributed by atoms with Gasteiger partial charge in [-0.15, -0.1) is 0 Å². The molecule has 0 amide bonds. The zero-order valence-electron chi connectivity index (χ0n) is 6.68. The lowest BCUT2D eigenvalue weighted by molar-refractivity contribution is -0.137. The summed E-state index contributed by atoms with van der Waals surface area (Å²) in [5.74, 6) is -1.85. The van der Waals surface area contributed by atoms with E-state index < -0.39 is 22.4 Å². The molecule has 0 saturated heterocycles. The third-order valence-electron chi connectivity index (χ3n) is 1.04. The van der Waals surface area contributed by atoms with E-state index in [1.54, 1.807) is 0 Å². The molecular weight excluding hydrogens is 200 g/mol. The van der Waals surface area contributed by atoms with Crippen LogP contribution in [-0.2, 0) is 9.59 Å². The summed E-state index contributed by atoms with van der Waals surface area (Å²) >= 11 is 0. The van der Waals surface area contributed by atoms with Gasteiger partial charge < -0.3 is 10.2 Å². The number of hydrogen-bond acceptors (Lipinski definition) is 4. The van der Waals surface area contributed by atoms with Crippen LogP contribution in [0.2, 0.25) is 0 Å². The van der Waals surface area contributed by atoms with Gasteiger partial charge in [-0.2, -0.15) is 0 Å². The van der Waals surface area contributed by atoms with Crippen molar-refractivity contribution < 1.29 is 19.8 Å². The lowest BCUT2D eigenvalue weighted by Crippen LogP contribution is -2.14. The molecule has 0 heterocycles. The van der Waals surface area contributed by atoms with E-state index in [1.807, 2.05) is 0 Å². The number of hydrogen-bond donors (Lipinski definition) is 2. The summed E-state index contributed by atoms with van der Waals surface area (Å²) in [5, 5.41) is 15.8. The van der Waals surface area contributed by atoms with E-state index in [2.05, 4.69) is 0 Å². The summed E-state index contributed by atoms with van der Waals surface area (Å²) in [7, 11) is 2.11. The van der Waals surface area contributed by atoms with Gasteiger partial charge in [-0.1, -0.05) is 21.6 Å². The normalized spacial score (nSPS) is 15.2. The van der Waals surface area contributed by atoms with Crippen molar-refractivity contribution in [3.63, 3.8) is 0 Å². The Morgan fingerprint density at radius 1 is 1.00 bits per heavy atom. The fourth-order valence-electron chi connectivity index (χ4n) is 0.249. The maximum Gasteiger partial charge on any atom is 0.317 e. The Morgan fingerprint density at radius 2 is 1.25 bits per heavy atom. The second-order valence-corrected chi connectivity index (χ2v) is 5.11. The van der Waals surface area contributed by atoms with Gasteiger partial charge in [-0.25, -0.2) is 0 Å². The number of carbonyl (C=O) groups is 2. The Bertz CT molecular complexity index is 162. The molecule has 0 rings (SSSR count). The zero-order chi connectivity index (χ0) is 9.72. The first-order valence-corrected chi connectivity index (χ1v) is 5.50. The van der Waals surface area contributed by atoms with Crippen molar-refractivity contribution in [1.82, 2.24) is 0 Å². The molecule has 0 fully saturated rings. The number of aliphatic carboxylic acids is 2. The van der Waals surface area contributed by atoms with Crippen LogP contribution in [0, 0.1) is 0 Å². The Labute approximate surface area is 78.1 Å². The molecule has 70 valence electrons. The lowest BCUT2D eigenvalue weighted by Gasteiger charge is -2.07. The van der Waals surface area contributed by atoms with E-state index >= 15 is 0 Å². The lowest BCUT2D eigenvalue weighted by atomic mass is 10.5. The Kier molecular flexibility index (Phi) is 5.16. The van der Waals surface area contributed by atoms with E-state index in [-0.39, 0.29) is 0 Å². The molecule has 2 N–H and O–H groups in total. The van der Waals surface area contributed by atoms with Crippen molar-refractivity contribution in [3.05, 3.63) is 0 Å². The Balaban J connectivity index is 3.68. The molecule has 2 atom stereocenters. The fourth-order valence-corrected chi connectivity index (χ4v) is 2.24. The topological polar surface area (TPSA) is 74.6 Å². The average Bonchev–Trinajstić information content (AvgIpc) is 1.98. The molecule has 6 heteroatoms. The van der Waals surface area contributed by atoms with Gasteiger partial charge in [0.15, 0.2) is 0 Å². The predicted molar refractivity (Wildman–Crippen MR) is 49.4 cm³/mol. The molecule has 0 aliphatic rings. The highest BCUT2D eigenvalue weighted by molar-refractivity contribution is 8.77. The summed E-state index contributed by atoms with van der Waals surface area (Å²) in [6, 6.07) is 0. The van der Waals surface area contributed by atoms with Crippen LogP contribution in [-0.4, -0.2) is 32.7 Å². The van der Waals surface area contributed by atoms with Crippen LogP contribution in [0.4, 0.5) is 0 Å². The highest BCUT2D eigenvalue weighted by Crippen LogP contribution is 2.30. The average molecular weight is 210 g/mol. The highest BCUT2D eigenvalue weighted by atomic mass is 33.1. The van der Waals surface area contributed by atoms with Gasteiger partial charge in [0.05, 0.1) is 0 Å². The van der Waals surface area contributed by atoms with Crippen LogP contribution in [0.25, 0.3) is 0 Å². The van der Waals surface area contributed by atoms with Crippen molar-refractivity contribution in [2.24, 2.45) is 0 Å². The molecule has 4 nitrogen and oxygen atoms in total. The van der Waals surface area contributed by atoms with E-state index in [9.17, 15) is 9.59 Å². The summed E-state index contributed by atoms with van der Waals surface area (Å²) in [5.41, 5.74) is 0. The second-order valence-electron chi connectivity index (χ2n) is 2.15. The molecule has 0 unspecified atom stereocenters. The number of rotatable bonds is 5. The van der Waals surface area contributed by atoms with Gasteiger partial charge in [0.25, 0.3) is 0 Å². The minimum Gasteiger partial charge on any atom is -0.480 e. The van der Waals surface area contributed by atoms with E-state index in [0.717, 1.165) is 21.6 Å². The summed E-state index contributed by atoms with van der Waals surface area (Å²) in [6.45, 7) is 3.04. The molecule has 0 spiro atoms. The molecule has 0 aliphatic carbocycles.